The molecule has 0 aromatic heterocycles. The Hall–Kier alpha value is -1.10. The summed E-state index contributed by atoms with van der Waals surface area (Å²) in [6, 6.07) is 5.36. The van der Waals surface area contributed by atoms with Crippen molar-refractivity contribution in [2.75, 3.05) is 13.2 Å². The van der Waals surface area contributed by atoms with Gasteiger partial charge in [-0.1, -0.05) is 17.7 Å². The van der Waals surface area contributed by atoms with Crippen LogP contribution in [0.4, 0.5) is 0 Å². The second kappa shape index (κ2) is 5.49. The normalized spacial score (nSPS) is 21.4. The summed E-state index contributed by atoms with van der Waals surface area (Å²) in [7, 11) is 0. The SMILES string of the molecule is Cc1ccc(C(=O)NCC2COC(C)(C)O2)c(Cl)c1. The van der Waals surface area contributed by atoms with E-state index in [0.717, 1.165) is 5.56 Å². The van der Waals surface area contributed by atoms with E-state index in [0.29, 0.717) is 23.7 Å². The van der Waals surface area contributed by atoms with Crippen molar-refractivity contribution in [1.29, 1.82) is 0 Å². The largest absolute Gasteiger partial charge is 0.349 e. The number of aryl methyl sites for hydroxylation is 1. The Morgan fingerprint density at radius 2 is 2.26 bits per heavy atom. The van der Waals surface area contributed by atoms with Crippen molar-refractivity contribution < 1.29 is 14.3 Å². The van der Waals surface area contributed by atoms with Gasteiger partial charge in [0.25, 0.3) is 5.91 Å². The Bertz CT molecular complexity index is 488. The van der Waals surface area contributed by atoms with Gasteiger partial charge in [-0.3, -0.25) is 4.79 Å². The van der Waals surface area contributed by atoms with Gasteiger partial charge in [-0.05, 0) is 38.5 Å². The molecule has 0 saturated carbocycles. The Morgan fingerprint density at radius 1 is 1.53 bits per heavy atom. The van der Waals surface area contributed by atoms with Crippen LogP contribution >= 0.6 is 11.6 Å². The van der Waals surface area contributed by atoms with Gasteiger partial charge < -0.3 is 14.8 Å². The molecule has 5 heteroatoms. The monoisotopic (exact) mass is 283 g/mol. The molecule has 1 aliphatic rings. The van der Waals surface area contributed by atoms with Gasteiger partial charge in [0.2, 0.25) is 0 Å². The van der Waals surface area contributed by atoms with Crippen molar-refractivity contribution in [2.24, 2.45) is 0 Å². The Morgan fingerprint density at radius 3 is 2.84 bits per heavy atom. The van der Waals surface area contributed by atoms with E-state index >= 15 is 0 Å². The van der Waals surface area contributed by atoms with Crippen molar-refractivity contribution in [3.05, 3.63) is 34.3 Å². The second-order valence-electron chi connectivity index (χ2n) is 5.14. The molecule has 1 aromatic carbocycles. The number of carbonyl (C=O) groups is 1. The minimum Gasteiger partial charge on any atom is -0.349 e. The first-order chi connectivity index (χ1) is 8.87. The highest BCUT2D eigenvalue weighted by Gasteiger charge is 2.32. The average Bonchev–Trinajstić information content (AvgIpc) is 2.66. The fourth-order valence-electron chi connectivity index (χ4n) is 1.97. The van der Waals surface area contributed by atoms with Crippen LogP contribution in [0.25, 0.3) is 0 Å². The van der Waals surface area contributed by atoms with Gasteiger partial charge >= 0.3 is 0 Å². The highest BCUT2D eigenvalue weighted by molar-refractivity contribution is 6.33. The molecular formula is C14H18ClNO3. The fraction of sp³-hybridized carbons (Fsp3) is 0.500. The van der Waals surface area contributed by atoms with E-state index in [-0.39, 0.29) is 12.0 Å². The molecule has 1 N–H and O–H groups in total. The zero-order valence-corrected chi connectivity index (χ0v) is 12.1. The molecule has 19 heavy (non-hydrogen) atoms. The van der Waals surface area contributed by atoms with Crippen LogP contribution in [0.3, 0.4) is 0 Å². The molecule has 4 nitrogen and oxygen atoms in total. The lowest BCUT2D eigenvalue weighted by Gasteiger charge is -2.17. The van der Waals surface area contributed by atoms with E-state index in [1.807, 2.05) is 26.8 Å². The molecule has 1 aliphatic heterocycles. The molecule has 1 atom stereocenters. The van der Waals surface area contributed by atoms with Crippen LogP contribution in [0.5, 0.6) is 0 Å². The third-order valence-electron chi connectivity index (χ3n) is 2.93. The summed E-state index contributed by atoms with van der Waals surface area (Å²) in [5, 5.41) is 3.27. The second-order valence-corrected chi connectivity index (χ2v) is 5.55. The van der Waals surface area contributed by atoms with Crippen molar-refractivity contribution >= 4 is 17.5 Å². The summed E-state index contributed by atoms with van der Waals surface area (Å²) in [5.74, 6) is -0.769. The molecule has 0 spiro atoms. The fourth-order valence-corrected chi connectivity index (χ4v) is 2.29. The van der Waals surface area contributed by atoms with Crippen LogP contribution in [0, 0.1) is 6.92 Å². The maximum atomic E-state index is 12.0. The zero-order chi connectivity index (χ0) is 14.0. The number of nitrogens with one attached hydrogen (secondary N) is 1. The third kappa shape index (κ3) is 3.69. The van der Waals surface area contributed by atoms with E-state index in [2.05, 4.69) is 5.32 Å². The van der Waals surface area contributed by atoms with Gasteiger partial charge in [0.05, 0.1) is 17.2 Å². The Kier molecular flexibility index (Phi) is 4.13. The summed E-state index contributed by atoms with van der Waals surface area (Å²) in [5.41, 5.74) is 1.50. The van der Waals surface area contributed by atoms with Gasteiger partial charge in [-0.2, -0.15) is 0 Å². The predicted octanol–water partition coefficient (Wildman–Crippen LogP) is 2.53. The number of benzene rings is 1. The molecule has 1 saturated heterocycles. The Labute approximate surface area is 118 Å². The first kappa shape index (κ1) is 14.3. The van der Waals surface area contributed by atoms with E-state index < -0.39 is 5.79 Å². The predicted molar refractivity (Wildman–Crippen MR) is 73.4 cm³/mol. The molecule has 0 bridgehead atoms. The van der Waals surface area contributed by atoms with Gasteiger partial charge in [-0.15, -0.1) is 0 Å². The quantitative estimate of drug-likeness (QED) is 0.927. The van der Waals surface area contributed by atoms with E-state index in [4.69, 9.17) is 21.1 Å². The number of hydrogen-bond donors (Lipinski definition) is 1. The molecule has 1 unspecified atom stereocenters. The first-order valence-corrected chi connectivity index (χ1v) is 6.61. The van der Waals surface area contributed by atoms with Crippen LogP contribution in [-0.4, -0.2) is 30.9 Å². The molecule has 2 rings (SSSR count). The maximum Gasteiger partial charge on any atom is 0.252 e. The number of amides is 1. The Balaban J connectivity index is 1.91. The van der Waals surface area contributed by atoms with E-state index in [9.17, 15) is 4.79 Å². The van der Waals surface area contributed by atoms with Gasteiger partial charge in [-0.25, -0.2) is 0 Å². The molecule has 0 radical (unpaired) electrons. The lowest BCUT2D eigenvalue weighted by atomic mass is 10.1. The number of ether oxygens (including phenoxy) is 2. The van der Waals surface area contributed by atoms with E-state index in [1.54, 1.807) is 12.1 Å². The zero-order valence-electron chi connectivity index (χ0n) is 11.3. The van der Waals surface area contributed by atoms with Crippen LogP contribution in [0.2, 0.25) is 5.02 Å². The molecule has 104 valence electrons. The topological polar surface area (TPSA) is 47.6 Å². The number of rotatable bonds is 3. The van der Waals surface area contributed by atoms with E-state index in [1.165, 1.54) is 0 Å². The van der Waals surface area contributed by atoms with Crippen LogP contribution < -0.4 is 5.32 Å². The summed E-state index contributed by atoms with van der Waals surface area (Å²) in [6.45, 7) is 6.53. The van der Waals surface area contributed by atoms with Crippen LogP contribution in [-0.2, 0) is 9.47 Å². The molecule has 0 aliphatic carbocycles. The van der Waals surface area contributed by atoms with Crippen molar-refractivity contribution in [2.45, 2.75) is 32.7 Å². The summed E-state index contributed by atoms with van der Waals surface area (Å²) in [6.07, 6.45) is -0.122. The molecule has 1 heterocycles. The van der Waals surface area contributed by atoms with Crippen LogP contribution in [0.15, 0.2) is 18.2 Å². The van der Waals surface area contributed by atoms with Gasteiger partial charge in [0, 0.05) is 6.54 Å². The third-order valence-corrected chi connectivity index (χ3v) is 3.24. The number of carbonyl (C=O) groups excluding carboxylic acids is 1. The summed E-state index contributed by atoms with van der Waals surface area (Å²) < 4.78 is 11.0. The van der Waals surface area contributed by atoms with Gasteiger partial charge in [0.15, 0.2) is 5.79 Å². The number of hydrogen-bond acceptors (Lipinski definition) is 3. The minimum absolute atomic E-state index is 0.122. The highest BCUT2D eigenvalue weighted by atomic mass is 35.5. The lowest BCUT2D eigenvalue weighted by Crippen LogP contribution is -2.34. The summed E-state index contributed by atoms with van der Waals surface area (Å²) in [4.78, 5) is 12.0. The molecule has 1 fully saturated rings. The number of halogens is 1. The van der Waals surface area contributed by atoms with Crippen LogP contribution in [0.1, 0.15) is 29.8 Å². The molecule has 1 aromatic rings. The lowest BCUT2D eigenvalue weighted by molar-refractivity contribution is -0.137. The highest BCUT2D eigenvalue weighted by Crippen LogP contribution is 2.22. The first-order valence-electron chi connectivity index (χ1n) is 6.23. The van der Waals surface area contributed by atoms with Crippen molar-refractivity contribution in [3.63, 3.8) is 0 Å². The standard InChI is InChI=1S/C14H18ClNO3/c1-9-4-5-11(12(15)6-9)13(17)16-7-10-8-18-14(2,3)19-10/h4-6,10H,7-8H2,1-3H3,(H,16,17). The smallest absolute Gasteiger partial charge is 0.252 e. The average molecular weight is 284 g/mol. The minimum atomic E-state index is -0.573. The van der Waals surface area contributed by atoms with Crippen molar-refractivity contribution in [3.8, 4) is 0 Å². The maximum absolute atomic E-state index is 12.0. The van der Waals surface area contributed by atoms with Gasteiger partial charge in [0.1, 0.15) is 6.10 Å². The van der Waals surface area contributed by atoms with Crippen molar-refractivity contribution in [1.82, 2.24) is 5.32 Å². The molecule has 1 amide bonds. The molecular weight excluding hydrogens is 266 g/mol. The summed E-state index contributed by atoms with van der Waals surface area (Å²) >= 11 is 6.05.